The van der Waals surface area contributed by atoms with Gasteiger partial charge < -0.3 is 24.9 Å². The molecule has 9 nitrogen and oxygen atoms in total. The van der Waals surface area contributed by atoms with Gasteiger partial charge in [-0.2, -0.15) is 0 Å². The monoisotopic (exact) mass is 692 g/mol. The second kappa shape index (κ2) is 30.1. The molecule has 4 unspecified atom stereocenters. The van der Waals surface area contributed by atoms with Crippen molar-refractivity contribution in [3.63, 3.8) is 0 Å². The van der Waals surface area contributed by atoms with E-state index in [-0.39, 0.29) is 18.9 Å². The first kappa shape index (κ1) is 46.2. The molecule has 0 saturated carbocycles. The Labute approximate surface area is 289 Å². The topological polar surface area (TPSA) is 125 Å². The Bertz CT molecular complexity index is 806. The number of rotatable bonds is 34. The molecule has 0 aliphatic rings. The number of amides is 1. The first-order valence-electron chi connectivity index (χ1n) is 19.1. The van der Waals surface area contributed by atoms with E-state index in [4.69, 9.17) is 9.05 Å². The number of allylic oxidation sites excluding steroid dienone is 2. The van der Waals surface area contributed by atoms with E-state index in [0.29, 0.717) is 17.4 Å². The van der Waals surface area contributed by atoms with Gasteiger partial charge in [-0.15, -0.1) is 0 Å². The van der Waals surface area contributed by atoms with E-state index >= 15 is 0 Å². The number of carbonyl (C=O) groups is 1. The number of carbonyl (C=O) groups excluding carboxylic acids is 1. The van der Waals surface area contributed by atoms with Gasteiger partial charge in [0.15, 0.2) is 0 Å². The van der Waals surface area contributed by atoms with Crippen LogP contribution in [0.1, 0.15) is 162 Å². The standard InChI is InChI=1S/C37H75N2O7P/c1-6-8-10-12-14-16-18-20-21-23-25-27-29-35(40)37(42)34(33-46-47(43,44)45-32-31-39(3,4)5)38-36(41)30-28-26-24-22-19-17-15-13-11-9-7-2/h13,15,34-35,37,40,42H,6-12,14,16-33H2,1-5H3,(H-,38,41,43,44)/p+1/b15-13-. The van der Waals surface area contributed by atoms with Crippen LogP contribution in [0.15, 0.2) is 12.2 Å². The quantitative estimate of drug-likeness (QED) is 0.0231. The summed E-state index contributed by atoms with van der Waals surface area (Å²) in [6.07, 6.45) is 27.0. The average molecular weight is 692 g/mol. The van der Waals surface area contributed by atoms with Crippen LogP contribution < -0.4 is 5.32 Å². The molecule has 280 valence electrons. The summed E-state index contributed by atoms with van der Waals surface area (Å²) in [5.74, 6) is -0.271. The summed E-state index contributed by atoms with van der Waals surface area (Å²) in [4.78, 5) is 23.0. The number of phosphoric ester groups is 1. The molecule has 0 aliphatic carbocycles. The summed E-state index contributed by atoms with van der Waals surface area (Å²) in [6.45, 7) is 4.53. The van der Waals surface area contributed by atoms with Crippen LogP contribution in [0, 0.1) is 0 Å². The van der Waals surface area contributed by atoms with Crippen LogP contribution in [0.2, 0.25) is 0 Å². The molecular weight excluding hydrogens is 615 g/mol. The second-order valence-corrected chi connectivity index (χ2v) is 15.9. The summed E-state index contributed by atoms with van der Waals surface area (Å²) >= 11 is 0. The zero-order valence-corrected chi connectivity index (χ0v) is 32.0. The third-order valence-corrected chi connectivity index (χ3v) is 9.59. The van der Waals surface area contributed by atoms with E-state index in [2.05, 4.69) is 31.3 Å². The van der Waals surface area contributed by atoms with Gasteiger partial charge in [-0.05, 0) is 32.1 Å². The Morgan fingerprint density at radius 2 is 1.21 bits per heavy atom. The molecule has 47 heavy (non-hydrogen) atoms. The van der Waals surface area contributed by atoms with Crippen molar-refractivity contribution in [3.8, 4) is 0 Å². The molecular formula is C37H76N2O7P+. The summed E-state index contributed by atoms with van der Waals surface area (Å²) < 4.78 is 23.4. The maximum absolute atomic E-state index is 12.8. The number of hydrogen-bond donors (Lipinski definition) is 4. The van der Waals surface area contributed by atoms with E-state index in [0.717, 1.165) is 64.2 Å². The fraction of sp³-hybridized carbons (Fsp3) is 0.919. The van der Waals surface area contributed by atoms with Crippen LogP contribution in [0.25, 0.3) is 0 Å². The molecule has 0 aromatic rings. The molecule has 4 atom stereocenters. The number of nitrogens with one attached hydrogen (secondary N) is 1. The van der Waals surface area contributed by atoms with Gasteiger partial charge in [0.2, 0.25) is 5.91 Å². The van der Waals surface area contributed by atoms with Crippen molar-refractivity contribution in [2.45, 2.75) is 180 Å². The lowest BCUT2D eigenvalue weighted by Gasteiger charge is -2.28. The summed E-state index contributed by atoms with van der Waals surface area (Å²) in [7, 11) is 1.43. The molecule has 0 rings (SSSR count). The third-order valence-electron chi connectivity index (χ3n) is 8.61. The molecule has 0 radical (unpaired) electrons. The van der Waals surface area contributed by atoms with Gasteiger partial charge in [0, 0.05) is 6.42 Å². The van der Waals surface area contributed by atoms with E-state index in [9.17, 15) is 24.5 Å². The van der Waals surface area contributed by atoms with Crippen LogP contribution in [-0.2, 0) is 18.4 Å². The van der Waals surface area contributed by atoms with Gasteiger partial charge >= 0.3 is 7.82 Å². The zero-order chi connectivity index (χ0) is 35.2. The highest BCUT2D eigenvalue weighted by atomic mass is 31.2. The Balaban J connectivity index is 4.64. The van der Waals surface area contributed by atoms with Crippen molar-refractivity contribution in [2.24, 2.45) is 0 Å². The number of phosphoric acid groups is 1. The number of hydrogen-bond acceptors (Lipinski definition) is 6. The third kappa shape index (κ3) is 31.0. The second-order valence-electron chi connectivity index (χ2n) is 14.4. The molecule has 0 bridgehead atoms. The number of nitrogens with zero attached hydrogens (tertiary/aromatic N) is 1. The molecule has 4 N–H and O–H groups in total. The first-order chi connectivity index (χ1) is 22.4. The lowest BCUT2D eigenvalue weighted by molar-refractivity contribution is -0.870. The van der Waals surface area contributed by atoms with Crippen molar-refractivity contribution < 1.29 is 38.0 Å². The average Bonchev–Trinajstić information content (AvgIpc) is 3.01. The van der Waals surface area contributed by atoms with E-state index < -0.39 is 32.7 Å². The highest BCUT2D eigenvalue weighted by Gasteiger charge is 2.31. The Hall–Kier alpha value is -0.800. The fourth-order valence-electron chi connectivity index (χ4n) is 5.42. The minimum atomic E-state index is -4.40. The molecule has 0 aromatic heterocycles. The smallest absolute Gasteiger partial charge is 0.390 e. The summed E-state index contributed by atoms with van der Waals surface area (Å²) in [5.41, 5.74) is 0. The lowest BCUT2D eigenvalue weighted by Crippen LogP contribution is -2.51. The van der Waals surface area contributed by atoms with Crippen LogP contribution in [-0.4, -0.2) is 84.6 Å². The number of aliphatic hydroxyl groups is 2. The first-order valence-corrected chi connectivity index (χ1v) is 20.6. The van der Waals surface area contributed by atoms with Crippen LogP contribution in [0.4, 0.5) is 0 Å². The van der Waals surface area contributed by atoms with E-state index in [1.54, 1.807) is 0 Å². The van der Waals surface area contributed by atoms with Gasteiger partial charge in [-0.25, -0.2) is 4.57 Å². The van der Waals surface area contributed by atoms with Crippen LogP contribution in [0.5, 0.6) is 0 Å². The highest BCUT2D eigenvalue weighted by molar-refractivity contribution is 7.47. The van der Waals surface area contributed by atoms with Crippen molar-refractivity contribution >= 4 is 13.7 Å². The Kier molecular flexibility index (Phi) is 29.5. The SMILES string of the molecule is CCCC/C=C\CCCCCCCC(=O)NC(COP(=O)(O)OCC[N+](C)(C)C)C(O)C(O)CCCCCCCCCCCCCC. The number of unbranched alkanes of at least 4 members (excludes halogenated alkanes) is 18. The number of aliphatic hydroxyl groups excluding tert-OH is 2. The van der Waals surface area contributed by atoms with E-state index in [1.165, 1.54) is 70.6 Å². The van der Waals surface area contributed by atoms with Gasteiger partial charge in [0.05, 0.1) is 39.9 Å². The summed E-state index contributed by atoms with van der Waals surface area (Å²) in [5, 5.41) is 24.5. The van der Waals surface area contributed by atoms with Crippen molar-refractivity contribution in [1.29, 1.82) is 0 Å². The Morgan fingerprint density at radius 1 is 0.723 bits per heavy atom. The summed E-state index contributed by atoms with van der Waals surface area (Å²) in [6, 6.07) is -1.03. The minimum Gasteiger partial charge on any atom is -0.390 e. The molecule has 0 heterocycles. The number of quaternary nitrogens is 1. The Morgan fingerprint density at radius 3 is 1.77 bits per heavy atom. The van der Waals surface area contributed by atoms with E-state index in [1.807, 2.05) is 21.1 Å². The van der Waals surface area contributed by atoms with Gasteiger partial charge in [-0.3, -0.25) is 13.8 Å². The van der Waals surface area contributed by atoms with Gasteiger partial charge in [0.25, 0.3) is 0 Å². The van der Waals surface area contributed by atoms with Gasteiger partial charge in [-0.1, -0.05) is 135 Å². The molecule has 0 aliphatic heterocycles. The van der Waals surface area contributed by atoms with Crippen LogP contribution >= 0.6 is 7.82 Å². The minimum absolute atomic E-state index is 0.0214. The maximum Gasteiger partial charge on any atom is 0.472 e. The molecule has 0 spiro atoms. The molecule has 0 saturated heterocycles. The van der Waals surface area contributed by atoms with Crippen molar-refractivity contribution in [1.82, 2.24) is 5.32 Å². The molecule has 0 aromatic carbocycles. The molecule has 10 heteroatoms. The van der Waals surface area contributed by atoms with Crippen LogP contribution in [0.3, 0.4) is 0 Å². The molecule has 1 amide bonds. The predicted molar refractivity (Wildman–Crippen MR) is 195 cm³/mol. The fourth-order valence-corrected chi connectivity index (χ4v) is 6.15. The molecule has 0 fully saturated rings. The normalized spacial score (nSPS) is 15.5. The van der Waals surface area contributed by atoms with Crippen molar-refractivity contribution in [3.05, 3.63) is 12.2 Å². The lowest BCUT2D eigenvalue weighted by atomic mass is 9.99. The van der Waals surface area contributed by atoms with Crippen molar-refractivity contribution in [2.75, 3.05) is 40.9 Å². The van der Waals surface area contributed by atoms with Gasteiger partial charge in [0.1, 0.15) is 19.3 Å². The number of likely N-dealkylation sites (N-methyl/N-ethyl adjacent to an activating group) is 1. The largest absolute Gasteiger partial charge is 0.472 e. The zero-order valence-electron chi connectivity index (χ0n) is 31.1. The maximum atomic E-state index is 12.8. The highest BCUT2D eigenvalue weighted by Crippen LogP contribution is 2.43. The predicted octanol–water partition coefficient (Wildman–Crippen LogP) is 8.60.